The number of rotatable bonds is 7. The summed E-state index contributed by atoms with van der Waals surface area (Å²) in [5, 5.41) is 13.5. The van der Waals surface area contributed by atoms with E-state index in [0.29, 0.717) is 17.6 Å². The van der Waals surface area contributed by atoms with E-state index in [2.05, 4.69) is 131 Å². The maximum absolute atomic E-state index is 12.2. The third-order valence-corrected chi connectivity index (χ3v) is 11.4. The zero-order valence-corrected chi connectivity index (χ0v) is 26.4. The lowest BCUT2D eigenvalue weighted by Crippen LogP contribution is -2.33. The summed E-state index contributed by atoms with van der Waals surface area (Å²) in [6.07, 6.45) is 1.88. The van der Waals surface area contributed by atoms with Gasteiger partial charge in [-0.05, 0) is 59.9 Å². The van der Waals surface area contributed by atoms with Crippen LogP contribution in [0.4, 0.5) is 5.69 Å². The molecule has 5 aromatic carbocycles. The number of benzene rings is 5. The summed E-state index contributed by atoms with van der Waals surface area (Å²) in [5.74, 6) is 1.02. The van der Waals surface area contributed by atoms with Crippen LogP contribution in [0.1, 0.15) is 68.2 Å². The number of aromatic hydroxyl groups is 1. The van der Waals surface area contributed by atoms with Crippen LogP contribution in [0.15, 0.2) is 132 Å². The van der Waals surface area contributed by atoms with Crippen molar-refractivity contribution >= 4 is 24.4 Å². The van der Waals surface area contributed by atoms with Gasteiger partial charge in [0.05, 0.1) is 16.6 Å². The lowest BCUT2D eigenvalue weighted by Gasteiger charge is -2.34. The summed E-state index contributed by atoms with van der Waals surface area (Å²) in [4.78, 5) is 5.84. The van der Waals surface area contributed by atoms with Gasteiger partial charge in [0.1, 0.15) is 5.75 Å². The SMILES string of the molecule is CC(C)c1cccc(C(C)C)c1N=C1P(c2ccccc2)CCC1(c1ccccc1)c1cccc(-c2ccccc2)c1O. The van der Waals surface area contributed by atoms with Crippen LogP contribution >= 0.6 is 7.92 Å². The van der Waals surface area contributed by atoms with Crippen LogP contribution in [0.25, 0.3) is 11.1 Å². The second kappa shape index (κ2) is 12.3. The molecule has 1 aliphatic rings. The number of phenols is 1. The normalized spacial score (nSPS) is 19.4. The average molecular weight is 582 g/mol. The molecule has 43 heavy (non-hydrogen) atoms. The first-order chi connectivity index (χ1) is 20.9. The molecule has 1 fully saturated rings. The first-order valence-electron chi connectivity index (χ1n) is 15.4. The number of phenolic OH excluding ortho intramolecular Hbond substituents is 1. The maximum Gasteiger partial charge on any atom is 0.127 e. The molecule has 1 aliphatic heterocycles. The molecule has 216 valence electrons. The van der Waals surface area contributed by atoms with Gasteiger partial charge in [0, 0.05) is 11.1 Å². The van der Waals surface area contributed by atoms with Crippen molar-refractivity contribution < 1.29 is 5.11 Å². The second-order valence-electron chi connectivity index (χ2n) is 12.1. The predicted molar refractivity (Wildman–Crippen MR) is 185 cm³/mol. The van der Waals surface area contributed by atoms with Gasteiger partial charge in [0.15, 0.2) is 0 Å². The Morgan fingerprint density at radius 2 is 1.21 bits per heavy atom. The highest BCUT2D eigenvalue weighted by molar-refractivity contribution is 7.82. The monoisotopic (exact) mass is 581 g/mol. The first kappa shape index (κ1) is 29.1. The highest BCUT2D eigenvalue weighted by atomic mass is 31.1. The number of hydrogen-bond acceptors (Lipinski definition) is 2. The molecule has 0 radical (unpaired) electrons. The molecule has 6 rings (SSSR count). The second-order valence-corrected chi connectivity index (χ2v) is 14.3. The number of aliphatic imine (C=N–C) groups is 1. The molecule has 1 N–H and O–H groups in total. The van der Waals surface area contributed by atoms with Gasteiger partial charge in [0.25, 0.3) is 0 Å². The van der Waals surface area contributed by atoms with E-state index in [0.717, 1.165) is 35.0 Å². The van der Waals surface area contributed by atoms with Gasteiger partial charge in [-0.15, -0.1) is 0 Å². The van der Waals surface area contributed by atoms with Crippen molar-refractivity contribution in [3.8, 4) is 16.9 Å². The van der Waals surface area contributed by atoms with Crippen LogP contribution in [0.2, 0.25) is 0 Å². The fourth-order valence-electron chi connectivity index (χ4n) is 6.63. The highest BCUT2D eigenvalue weighted by Gasteiger charge is 2.50. The Balaban J connectivity index is 1.70. The van der Waals surface area contributed by atoms with E-state index < -0.39 is 13.3 Å². The van der Waals surface area contributed by atoms with Crippen LogP contribution in [0, 0.1) is 0 Å². The highest BCUT2D eigenvalue weighted by Crippen LogP contribution is 2.60. The molecule has 2 unspecified atom stereocenters. The van der Waals surface area contributed by atoms with Gasteiger partial charge in [-0.1, -0.05) is 155 Å². The predicted octanol–water partition coefficient (Wildman–Crippen LogP) is 10.5. The molecule has 1 heterocycles. The molecule has 0 saturated carbocycles. The van der Waals surface area contributed by atoms with E-state index in [4.69, 9.17) is 4.99 Å². The molecule has 5 aromatic rings. The summed E-state index contributed by atoms with van der Waals surface area (Å²) in [7, 11) is -0.763. The van der Waals surface area contributed by atoms with Crippen molar-refractivity contribution in [3.63, 3.8) is 0 Å². The summed E-state index contributed by atoms with van der Waals surface area (Å²) in [6.45, 7) is 9.05. The van der Waals surface area contributed by atoms with Crippen LogP contribution in [0.5, 0.6) is 5.75 Å². The Morgan fingerprint density at radius 3 is 1.81 bits per heavy atom. The number of nitrogens with zero attached hydrogens (tertiary/aromatic N) is 1. The Labute approximate surface area is 257 Å². The van der Waals surface area contributed by atoms with Crippen molar-refractivity contribution in [2.24, 2.45) is 4.99 Å². The summed E-state index contributed by atoms with van der Waals surface area (Å²) >= 11 is 0. The van der Waals surface area contributed by atoms with Crippen LogP contribution in [-0.2, 0) is 5.41 Å². The van der Waals surface area contributed by atoms with Gasteiger partial charge in [0.2, 0.25) is 0 Å². The quantitative estimate of drug-likeness (QED) is 0.191. The molecule has 0 spiro atoms. The van der Waals surface area contributed by atoms with Gasteiger partial charge in [-0.25, -0.2) is 0 Å². The van der Waals surface area contributed by atoms with Crippen molar-refractivity contribution in [3.05, 3.63) is 150 Å². The van der Waals surface area contributed by atoms with E-state index in [-0.39, 0.29) is 0 Å². The molecule has 0 aliphatic carbocycles. The van der Waals surface area contributed by atoms with Gasteiger partial charge in [-0.2, -0.15) is 0 Å². The van der Waals surface area contributed by atoms with E-state index in [1.54, 1.807) is 0 Å². The molecule has 2 atom stereocenters. The smallest absolute Gasteiger partial charge is 0.127 e. The molecule has 0 bridgehead atoms. The zero-order chi connectivity index (χ0) is 30.0. The minimum absolute atomic E-state index is 0.336. The Kier molecular flexibility index (Phi) is 8.33. The third-order valence-electron chi connectivity index (χ3n) is 8.82. The molecule has 0 amide bonds. The summed E-state index contributed by atoms with van der Waals surface area (Å²) in [6, 6.07) is 44.8. The van der Waals surface area contributed by atoms with Crippen LogP contribution < -0.4 is 5.30 Å². The van der Waals surface area contributed by atoms with E-state index in [1.165, 1.54) is 27.4 Å². The lowest BCUT2D eigenvalue weighted by atomic mass is 9.72. The molecular weight excluding hydrogens is 541 g/mol. The minimum Gasteiger partial charge on any atom is -0.507 e. The van der Waals surface area contributed by atoms with Crippen LogP contribution in [0.3, 0.4) is 0 Å². The molecule has 3 heteroatoms. The topological polar surface area (TPSA) is 32.6 Å². The average Bonchev–Trinajstić information content (AvgIpc) is 3.41. The maximum atomic E-state index is 12.2. The van der Waals surface area contributed by atoms with Crippen LogP contribution in [-0.4, -0.2) is 16.7 Å². The first-order valence-corrected chi connectivity index (χ1v) is 16.9. The van der Waals surface area contributed by atoms with Crippen molar-refractivity contribution in [2.75, 3.05) is 6.16 Å². The largest absolute Gasteiger partial charge is 0.507 e. The number of para-hydroxylation sites is 2. The standard InChI is InChI=1S/C40H40NOP/c1-28(2)33-22-14-23-34(29(3)4)37(33)41-39-40(31-18-10-6-11-19-31,26-27-43(39)32-20-12-7-13-21-32)36-25-15-24-35(38(36)42)30-16-8-5-9-17-30/h5-25,28-29,42H,26-27H2,1-4H3. The minimum atomic E-state index is -0.763. The Bertz CT molecular complexity index is 1700. The fourth-order valence-corrected chi connectivity index (χ4v) is 9.48. The molecular formula is C40H40NOP. The Morgan fingerprint density at radius 1 is 0.651 bits per heavy atom. The molecule has 1 saturated heterocycles. The lowest BCUT2D eigenvalue weighted by molar-refractivity contribution is 0.460. The zero-order valence-electron chi connectivity index (χ0n) is 25.5. The molecule has 0 aromatic heterocycles. The van der Waals surface area contributed by atoms with E-state index >= 15 is 0 Å². The van der Waals surface area contributed by atoms with Gasteiger partial charge in [-0.3, -0.25) is 4.99 Å². The number of hydrogen-bond donors (Lipinski definition) is 1. The van der Waals surface area contributed by atoms with Gasteiger partial charge < -0.3 is 5.11 Å². The third kappa shape index (κ3) is 5.34. The summed E-state index contributed by atoms with van der Waals surface area (Å²) < 4.78 is 0. The fraction of sp³-hybridized carbons (Fsp3) is 0.225. The Hall–Kier alpha value is -4.00. The van der Waals surface area contributed by atoms with Crippen molar-refractivity contribution in [1.82, 2.24) is 0 Å². The molecule has 2 nitrogen and oxygen atoms in total. The van der Waals surface area contributed by atoms with Crippen molar-refractivity contribution in [1.29, 1.82) is 0 Å². The van der Waals surface area contributed by atoms with E-state index in [9.17, 15) is 5.11 Å². The van der Waals surface area contributed by atoms with Crippen molar-refractivity contribution in [2.45, 2.75) is 51.4 Å². The van der Waals surface area contributed by atoms with E-state index in [1.807, 2.05) is 24.3 Å². The summed E-state index contributed by atoms with van der Waals surface area (Å²) in [5.41, 5.74) is 8.25. The van der Waals surface area contributed by atoms with Gasteiger partial charge >= 0.3 is 0 Å².